The molecule has 2 aliphatic heterocycles. The summed E-state index contributed by atoms with van der Waals surface area (Å²) in [6.45, 7) is 6.32. The highest BCUT2D eigenvalue weighted by molar-refractivity contribution is 5.94. The second-order valence-corrected chi connectivity index (χ2v) is 9.60. The Morgan fingerprint density at radius 1 is 1.26 bits per heavy atom. The SMILES string of the molecule is CCCCCNC(=O)O[C@H]1CO[C@@H](c2cc(Nc3nc(C)cn4nc(C(=O)N5CCOCC5)cc34)n[nH]2)[C@H]1F. The molecule has 39 heavy (non-hydrogen) atoms. The topological polar surface area (TPSA) is 148 Å². The number of halogens is 1. The lowest BCUT2D eigenvalue weighted by molar-refractivity contribution is 0.0299. The largest absolute Gasteiger partial charge is 0.441 e. The summed E-state index contributed by atoms with van der Waals surface area (Å²) in [7, 11) is 0. The number of alkyl carbamates (subject to hydrolysis) is 1. The molecule has 0 unspecified atom stereocenters. The van der Waals surface area contributed by atoms with E-state index in [0.717, 1.165) is 19.3 Å². The predicted octanol–water partition coefficient (Wildman–Crippen LogP) is 2.67. The first kappa shape index (κ1) is 26.8. The van der Waals surface area contributed by atoms with Crippen LogP contribution in [0.4, 0.5) is 20.8 Å². The number of ether oxygens (including phenoxy) is 3. The van der Waals surface area contributed by atoms with Gasteiger partial charge in [-0.15, -0.1) is 0 Å². The van der Waals surface area contributed by atoms with Gasteiger partial charge in [0.25, 0.3) is 5.91 Å². The number of morpholine rings is 1. The van der Waals surface area contributed by atoms with E-state index < -0.39 is 24.5 Å². The minimum atomic E-state index is -1.56. The zero-order valence-electron chi connectivity index (χ0n) is 22.0. The van der Waals surface area contributed by atoms with Crippen LogP contribution in [0.1, 0.15) is 54.2 Å². The van der Waals surface area contributed by atoms with Gasteiger partial charge in [0.1, 0.15) is 11.6 Å². The van der Waals surface area contributed by atoms with Crippen LogP contribution >= 0.6 is 0 Å². The monoisotopic (exact) mass is 544 g/mol. The van der Waals surface area contributed by atoms with Gasteiger partial charge in [-0.1, -0.05) is 19.8 Å². The van der Waals surface area contributed by atoms with Gasteiger partial charge in [-0.05, 0) is 13.3 Å². The molecular weight excluding hydrogens is 511 g/mol. The highest BCUT2D eigenvalue weighted by Crippen LogP contribution is 2.34. The van der Waals surface area contributed by atoms with Crippen LogP contribution in [-0.2, 0) is 14.2 Å². The van der Waals surface area contributed by atoms with Crippen LogP contribution in [0.15, 0.2) is 18.3 Å². The van der Waals surface area contributed by atoms with Crippen molar-refractivity contribution in [2.24, 2.45) is 0 Å². The highest BCUT2D eigenvalue weighted by atomic mass is 19.1. The first-order valence-electron chi connectivity index (χ1n) is 13.2. The minimum Gasteiger partial charge on any atom is -0.441 e. The van der Waals surface area contributed by atoms with Gasteiger partial charge in [0.05, 0.1) is 37.4 Å². The van der Waals surface area contributed by atoms with Crippen LogP contribution in [0.2, 0.25) is 0 Å². The van der Waals surface area contributed by atoms with Crippen LogP contribution in [-0.4, -0.2) is 93.4 Å². The summed E-state index contributed by atoms with van der Waals surface area (Å²) < 4.78 is 32.8. The number of nitrogens with one attached hydrogen (secondary N) is 3. The molecule has 210 valence electrons. The number of fused-ring (bicyclic) bond motifs is 1. The van der Waals surface area contributed by atoms with Gasteiger partial charge in [-0.3, -0.25) is 9.89 Å². The van der Waals surface area contributed by atoms with E-state index in [2.05, 4.69) is 37.8 Å². The number of carbonyl (C=O) groups is 2. The number of carbonyl (C=O) groups excluding carboxylic acids is 2. The zero-order chi connectivity index (χ0) is 27.4. The standard InChI is InChI=1S/C25H33FN8O5/c1-3-4-5-6-27-25(36)39-19-14-38-22(21(19)26)16-12-20(31-30-16)29-23-18-11-17(32-34(18)13-15(2)28-23)24(35)33-7-9-37-10-8-33/h11-13,19,21-22H,3-10,14H2,1-2H3,(H,27,36)(H2,28,29,30,31)/t19-,21-,22-/m0/s1. The normalized spacial score (nSPS) is 21.3. The molecule has 0 aromatic carbocycles. The van der Waals surface area contributed by atoms with Gasteiger partial charge in [-0.2, -0.15) is 10.2 Å². The van der Waals surface area contributed by atoms with E-state index >= 15 is 4.39 Å². The number of nitrogens with zero attached hydrogens (tertiary/aromatic N) is 5. The number of aryl methyl sites for hydroxylation is 1. The molecule has 2 aliphatic rings. The van der Waals surface area contributed by atoms with Crippen molar-refractivity contribution in [1.82, 2.24) is 35.0 Å². The third kappa shape index (κ3) is 6.11. The van der Waals surface area contributed by atoms with Crippen LogP contribution < -0.4 is 10.6 Å². The number of anilines is 2. The van der Waals surface area contributed by atoms with Gasteiger partial charge in [0, 0.05) is 31.8 Å². The molecule has 0 saturated carbocycles. The number of hydrogen-bond donors (Lipinski definition) is 3. The quantitative estimate of drug-likeness (QED) is 0.346. The van der Waals surface area contributed by atoms with E-state index in [1.54, 1.807) is 27.7 Å². The van der Waals surface area contributed by atoms with E-state index in [-0.39, 0.29) is 12.5 Å². The third-order valence-corrected chi connectivity index (χ3v) is 6.64. The lowest BCUT2D eigenvalue weighted by Crippen LogP contribution is -2.40. The molecular formula is C25H33FN8O5. The second kappa shape index (κ2) is 11.9. The third-order valence-electron chi connectivity index (χ3n) is 6.64. The van der Waals surface area contributed by atoms with Crippen molar-refractivity contribution in [3.8, 4) is 0 Å². The molecule has 0 radical (unpaired) electrons. The smallest absolute Gasteiger partial charge is 0.407 e. The van der Waals surface area contributed by atoms with Gasteiger partial charge >= 0.3 is 6.09 Å². The summed E-state index contributed by atoms with van der Waals surface area (Å²) in [4.78, 5) is 31.2. The number of unbranched alkanes of at least 4 members (excludes halogenated alkanes) is 2. The lowest BCUT2D eigenvalue weighted by atomic mass is 10.1. The number of aromatic nitrogens is 5. The molecule has 3 aromatic rings. The summed E-state index contributed by atoms with van der Waals surface area (Å²) in [6, 6.07) is 3.29. The van der Waals surface area contributed by atoms with Crippen molar-refractivity contribution < 1.29 is 28.2 Å². The molecule has 0 spiro atoms. The first-order chi connectivity index (χ1) is 18.9. The van der Waals surface area contributed by atoms with Gasteiger partial charge in [0.15, 0.2) is 29.6 Å². The Balaban J connectivity index is 1.25. The second-order valence-electron chi connectivity index (χ2n) is 9.60. The summed E-state index contributed by atoms with van der Waals surface area (Å²) in [5.41, 5.74) is 1.95. The van der Waals surface area contributed by atoms with Crippen molar-refractivity contribution >= 4 is 29.2 Å². The Bertz CT molecular complexity index is 1310. The van der Waals surface area contributed by atoms with Crippen molar-refractivity contribution in [2.45, 2.75) is 51.5 Å². The molecule has 2 fully saturated rings. The fraction of sp³-hybridized carbons (Fsp3) is 0.560. The maximum atomic E-state index is 15.1. The molecule has 3 aromatic heterocycles. The van der Waals surface area contributed by atoms with Crippen LogP contribution in [0.3, 0.4) is 0 Å². The fourth-order valence-electron chi connectivity index (χ4n) is 4.58. The van der Waals surface area contributed by atoms with Crippen molar-refractivity contribution in [3.63, 3.8) is 0 Å². The molecule has 5 heterocycles. The molecule has 2 amide bonds. The maximum absolute atomic E-state index is 15.1. The van der Waals surface area contributed by atoms with Crippen molar-refractivity contribution in [3.05, 3.63) is 35.4 Å². The Morgan fingerprint density at radius 2 is 2.08 bits per heavy atom. The predicted molar refractivity (Wildman–Crippen MR) is 138 cm³/mol. The molecule has 14 heteroatoms. The average molecular weight is 545 g/mol. The number of H-pyrrole nitrogens is 1. The summed E-state index contributed by atoms with van der Waals surface area (Å²) in [5.74, 6) is 0.638. The number of aromatic amines is 1. The Morgan fingerprint density at radius 3 is 2.87 bits per heavy atom. The van der Waals surface area contributed by atoms with Crippen molar-refractivity contribution in [1.29, 1.82) is 0 Å². The highest BCUT2D eigenvalue weighted by Gasteiger charge is 2.42. The van der Waals surface area contributed by atoms with E-state index in [1.807, 2.05) is 6.92 Å². The fourth-order valence-corrected chi connectivity index (χ4v) is 4.58. The molecule has 0 bridgehead atoms. The van der Waals surface area contributed by atoms with Gasteiger partial charge < -0.3 is 29.7 Å². The van der Waals surface area contributed by atoms with E-state index in [0.29, 0.717) is 67.1 Å². The lowest BCUT2D eigenvalue weighted by Gasteiger charge is -2.25. The molecule has 5 rings (SSSR count). The summed E-state index contributed by atoms with van der Waals surface area (Å²) in [6.07, 6.45) is 0.389. The first-order valence-corrected chi connectivity index (χ1v) is 13.2. The number of alkyl halides is 1. The molecule has 0 aliphatic carbocycles. The molecule has 3 N–H and O–H groups in total. The average Bonchev–Trinajstić information content (AvgIpc) is 3.66. The van der Waals surface area contributed by atoms with Gasteiger partial charge in [0.2, 0.25) is 0 Å². The Hall–Kier alpha value is -3.78. The van der Waals surface area contributed by atoms with Crippen molar-refractivity contribution in [2.75, 3.05) is 44.8 Å². The van der Waals surface area contributed by atoms with Crippen LogP contribution in [0.25, 0.3) is 5.52 Å². The van der Waals surface area contributed by atoms with Gasteiger partial charge in [-0.25, -0.2) is 18.7 Å². The van der Waals surface area contributed by atoms with E-state index in [9.17, 15) is 9.59 Å². The van der Waals surface area contributed by atoms with Crippen LogP contribution in [0, 0.1) is 6.92 Å². The van der Waals surface area contributed by atoms with Crippen LogP contribution in [0.5, 0.6) is 0 Å². The number of amides is 2. The van der Waals surface area contributed by atoms with E-state index in [4.69, 9.17) is 14.2 Å². The zero-order valence-corrected chi connectivity index (χ0v) is 22.0. The van der Waals surface area contributed by atoms with E-state index in [1.165, 1.54) is 0 Å². The number of rotatable bonds is 9. The summed E-state index contributed by atoms with van der Waals surface area (Å²) >= 11 is 0. The number of hydrogen-bond acceptors (Lipinski definition) is 9. The maximum Gasteiger partial charge on any atom is 0.407 e. The minimum absolute atomic E-state index is 0.0637. The summed E-state index contributed by atoms with van der Waals surface area (Å²) in [5, 5.41) is 17.2. The molecule has 3 atom stereocenters. The molecule has 2 saturated heterocycles. The Kier molecular flexibility index (Phi) is 8.21. The molecule has 13 nitrogen and oxygen atoms in total. The Labute approximate surface area is 224 Å².